The van der Waals surface area contributed by atoms with Gasteiger partial charge in [-0.25, -0.2) is 4.98 Å². The minimum atomic E-state index is -0.549. The van der Waals surface area contributed by atoms with Gasteiger partial charge < -0.3 is 15.4 Å². The molecule has 0 unspecified atom stereocenters. The van der Waals surface area contributed by atoms with Gasteiger partial charge in [0.05, 0.1) is 10.7 Å². The van der Waals surface area contributed by atoms with Crippen molar-refractivity contribution in [3.05, 3.63) is 75.1 Å². The zero-order valence-electron chi connectivity index (χ0n) is 16.5. The molecule has 2 aromatic heterocycles. The maximum Gasteiger partial charge on any atom is 0.325 e. The van der Waals surface area contributed by atoms with Crippen molar-refractivity contribution in [2.24, 2.45) is 0 Å². The predicted octanol–water partition coefficient (Wildman–Crippen LogP) is 5.54. The van der Waals surface area contributed by atoms with Gasteiger partial charge in [-0.2, -0.15) is 0 Å². The van der Waals surface area contributed by atoms with Crippen molar-refractivity contribution < 1.29 is 14.3 Å². The molecule has 6 nitrogen and oxygen atoms in total. The van der Waals surface area contributed by atoms with Gasteiger partial charge in [-0.05, 0) is 25.1 Å². The number of hydrogen-bond donors (Lipinski definition) is 2. The molecule has 0 aliphatic carbocycles. The Morgan fingerprint density at radius 1 is 1.13 bits per heavy atom. The molecule has 0 aliphatic rings. The van der Waals surface area contributed by atoms with Gasteiger partial charge in [-0.1, -0.05) is 47.5 Å². The topological polar surface area (TPSA) is 80.3 Å². The Morgan fingerprint density at radius 3 is 2.68 bits per heavy atom. The van der Waals surface area contributed by atoms with Crippen molar-refractivity contribution in [1.82, 2.24) is 10.3 Å². The summed E-state index contributed by atoms with van der Waals surface area (Å²) in [5, 5.41) is 9.51. The standard InChI is InChI=1S/C22H18ClN3O3S2/c1-13-6-8-14(9-7-13)25-22-26-15(12-30-22)11-29-18(27)10-24-21(28)20-19(23)16-4-2-3-5-17(16)31-20/h2-9,12H,10-11H2,1H3,(H,24,28)(H,25,26). The number of fused-ring (bicyclic) bond motifs is 1. The van der Waals surface area contributed by atoms with Gasteiger partial charge in [0.15, 0.2) is 5.13 Å². The van der Waals surface area contributed by atoms with Gasteiger partial charge in [0.2, 0.25) is 0 Å². The number of amides is 1. The molecule has 0 radical (unpaired) electrons. The molecule has 9 heteroatoms. The first-order valence-electron chi connectivity index (χ1n) is 9.38. The normalized spacial score (nSPS) is 10.8. The fourth-order valence-corrected chi connectivity index (χ4v) is 4.94. The van der Waals surface area contributed by atoms with Gasteiger partial charge in [0.1, 0.15) is 18.0 Å². The third-order valence-corrected chi connectivity index (χ3v) is 6.85. The number of halogens is 1. The molecule has 31 heavy (non-hydrogen) atoms. The highest BCUT2D eigenvalue weighted by Crippen LogP contribution is 2.34. The molecule has 0 atom stereocenters. The van der Waals surface area contributed by atoms with Crippen molar-refractivity contribution >= 4 is 67.1 Å². The van der Waals surface area contributed by atoms with E-state index in [1.807, 2.05) is 60.8 Å². The summed E-state index contributed by atoms with van der Waals surface area (Å²) in [5.74, 6) is -0.951. The van der Waals surface area contributed by atoms with Gasteiger partial charge >= 0.3 is 5.97 Å². The lowest BCUT2D eigenvalue weighted by atomic mass is 10.2. The first kappa shape index (κ1) is 21.3. The first-order valence-corrected chi connectivity index (χ1v) is 11.5. The Balaban J connectivity index is 1.26. The Morgan fingerprint density at radius 2 is 1.90 bits per heavy atom. The fraction of sp³-hybridized carbons (Fsp3) is 0.136. The van der Waals surface area contributed by atoms with Gasteiger partial charge in [-0.3, -0.25) is 9.59 Å². The van der Waals surface area contributed by atoms with Crippen LogP contribution < -0.4 is 10.6 Å². The minimum absolute atomic E-state index is 0.0322. The molecule has 4 rings (SSSR count). The van der Waals surface area contributed by atoms with E-state index in [4.69, 9.17) is 16.3 Å². The van der Waals surface area contributed by atoms with Crippen LogP contribution in [-0.2, 0) is 16.1 Å². The number of nitrogens with zero attached hydrogens (tertiary/aromatic N) is 1. The van der Waals surface area contributed by atoms with Crippen molar-refractivity contribution in [2.75, 3.05) is 11.9 Å². The molecule has 2 heterocycles. The van der Waals surface area contributed by atoms with Crippen LogP contribution in [0.3, 0.4) is 0 Å². The lowest BCUT2D eigenvalue weighted by Gasteiger charge is -2.05. The van der Waals surface area contributed by atoms with E-state index in [1.54, 1.807) is 0 Å². The number of thiazole rings is 1. The number of thiophene rings is 1. The summed E-state index contributed by atoms with van der Waals surface area (Å²) >= 11 is 9.01. The number of carbonyl (C=O) groups excluding carboxylic acids is 2. The molecule has 2 aromatic carbocycles. The van der Waals surface area contributed by atoms with Crippen molar-refractivity contribution in [1.29, 1.82) is 0 Å². The lowest BCUT2D eigenvalue weighted by molar-refractivity contribution is -0.143. The Hall–Kier alpha value is -2.94. The van der Waals surface area contributed by atoms with E-state index in [1.165, 1.54) is 28.2 Å². The van der Waals surface area contributed by atoms with E-state index in [0.29, 0.717) is 20.7 Å². The molecule has 0 fully saturated rings. The van der Waals surface area contributed by atoms with Gasteiger partial charge in [-0.15, -0.1) is 22.7 Å². The molecular weight excluding hydrogens is 454 g/mol. The average Bonchev–Trinajstić information content (AvgIpc) is 3.36. The Labute approximate surface area is 191 Å². The van der Waals surface area contributed by atoms with E-state index in [-0.39, 0.29) is 13.2 Å². The summed E-state index contributed by atoms with van der Waals surface area (Å²) in [7, 11) is 0. The average molecular weight is 472 g/mol. The molecule has 0 bridgehead atoms. The summed E-state index contributed by atoms with van der Waals surface area (Å²) < 4.78 is 6.13. The summed E-state index contributed by atoms with van der Waals surface area (Å²) in [6, 6.07) is 15.5. The predicted molar refractivity (Wildman–Crippen MR) is 126 cm³/mol. The first-order chi connectivity index (χ1) is 15.0. The highest BCUT2D eigenvalue weighted by Gasteiger charge is 2.18. The van der Waals surface area contributed by atoms with Crippen LogP contribution in [0.4, 0.5) is 10.8 Å². The maximum absolute atomic E-state index is 12.4. The van der Waals surface area contributed by atoms with Crippen molar-refractivity contribution in [3.8, 4) is 0 Å². The van der Waals surface area contributed by atoms with Gasteiger partial charge in [0.25, 0.3) is 5.91 Å². The van der Waals surface area contributed by atoms with Crippen molar-refractivity contribution in [2.45, 2.75) is 13.5 Å². The smallest absolute Gasteiger partial charge is 0.325 e. The summed E-state index contributed by atoms with van der Waals surface area (Å²) in [6.45, 7) is 1.81. The Bertz CT molecular complexity index is 1230. The van der Waals surface area contributed by atoms with E-state index in [2.05, 4.69) is 15.6 Å². The molecule has 1 amide bonds. The van der Waals surface area contributed by atoms with E-state index >= 15 is 0 Å². The highest BCUT2D eigenvalue weighted by atomic mass is 35.5. The number of carbonyl (C=O) groups is 2. The minimum Gasteiger partial charge on any atom is -0.458 e. The number of ether oxygens (including phenoxy) is 1. The number of benzene rings is 2. The van der Waals surface area contributed by atoms with Crippen LogP contribution in [0.1, 0.15) is 20.9 Å². The van der Waals surface area contributed by atoms with Crippen LogP contribution in [0.5, 0.6) is 0 Å². The van der Waals surface area contributed by atoms with E-state index in [0.717, 1.165) is 15.8 Å². The molecule has 0 aliphatic heterocycles. The second-order valence-electron chi connectivity index (χ2n) is 6.72. The van der Waals surface area contributed by atoms with Crippen LogP contribution >= 0.6 is 34.3 Å². The summed E-state index contributed by atoms with van der Waals surface area (Å²) in [4.78, 5) is 29.2. The number of aromatic nitrogens is 1. The molecule has 158 valence electrons. The van der Waals surface area contributed by atoms with Crippen LogP contribution in [0.2, 0.25) is 5.02 Å². The van der Waals surface area contributed by atoms with Gasteiger partial charge in [0, 0.05) is 21.2 Å². The quantitative estimate of drug-likeness (QED) is 0.346. The molecular formula is C22H18ClN3O3S2. The van der Waals surface area contributed by atoms with Crippen LogP contribution in [0, 0.1) is 6.92 Å². The second kappa shape index (κ2) is 9.47. The van der Waals surface area contributed by atoms with E-state index in [9.17, 15) is 9.59 Å². The lowest BCUT2D eigenvalue weighted by Crippen LogP contribution is -2.30. The number of nitrogens with one attached hydrogen (secondary N) is 2. The van der Waals surface area contributed by atoms with Crippen molar-refractivity contribution in [3.63, 3.8) is 0 Å². The number of rotatable bonds is 7. The molecule has 2 N–H and O–H groups in total. The van der Waals surface area contributed by atoms with E-state index < -0.39 is 11.9 Å². The van der Waals surface area contributed by atoms with Crippen LogP contribution in [-0.4, -0.2) is 23.4 Å². The maximum atomic E-state index is 12.4. The third-order valence-electron chi connectivity index (χ3n) is 4.37. The SMILES string of the molecule is Cc1ccc(Nc2nc(COC(=O)CNC(=O)c3sc4ccccc4c3Cl)cs2)cc1. The third kappa shape index (κ3) is 5.22. The Kier molecular flexibility index (Phi) is 6.50. The number of anilines is 2. The molecule has 0 saturated carbocycles. The second-order valence-corrected chi connectivity index (χ2v) is 9.01. The number of aryl methyl sites for hydroxylation is 1. The van der Waals surface area contributed by atoms with Crippen LogP contribution in [0.15, 0.2) is 53.9 Å². The molecule has 0 saturated heterocycles. The largest absolute Gasteiger partial charge is 0.458 e. The highest BCUT2D eigenvalue weighted by molar-refractivity contribution is 7.21. The summed E-state index contributed by atoms with van der Waals surface area (Å²) in [6.07, 6.45) is 0. The zero-order chi connectivity index (χ0) is 21.8. The number of esters is 1. The summed E-state index contributed by atoms with van der Waals surface area (Å²) in [5.41, 5.74) is 2.75. The monoisotopic (exact) mass is 471 g/mol. The molecule has 4 aromatic rings. The van der Waals surface area contributed by atoms with Crippen LogP contribution in [0.25, 0.3) is 10.1 Å². The zero-order valence-corrected chi connectivity index (χ0v) is 18.9. The fourth-order valence-electron chi connectivity index (χ4n) is 2.79. The molecule has 0 spiro atoms. The number of hydrogen-bond acceptors (Lipinski definition) is 7.